The summed E-state index contributed by atoms with van der Waals surface area (Å²) in [6.45, 7) is 2.00. The molecule has 1 heterocycles. The summed E-state index contributed by atoms with van der Waals surface area (Å²) in [5.41, 5.74) is 3.27. The third-order valence-corrected chi connectivity index (χ3v) is 10.4. The number of carbonyl (C=O) groups is 1. The van der Waals surface area contributed by atoms with E-state index in [9.17, 15) is 9.00 Å². The molecular weight excluding hydrogens is 617 g/mol. The fourth-order valence-electron chi connectivity index (χ4n) is 5.95. The molecule has 6 nitrogen and oxygen atoms in total. The molecular formula is C38H44O6S2. The Morgan fingerprint density at radius 2 is 1.50 bits per heavy atom. The number of rotatable bonds is 16. The number of hydrogen-bond acceptors (Lipinski definition) is 7. The fourth-order valence-corrected chi connectivity index (χ4v) is 7.74. The number of thioether (sulfide) groups is 1. The fraction of sp³-hybridized carbons (Fsp3) is 0.395. The van der Waals surface area contributed by atoms with Crippen molar-refractivity contribution in [2.45, 2.75) is 75.2 Å². The molecule has 1 aliphatic heterocycles. The molecule has 0 amide bonds. The molecule has 1 aliphatic rings. The summed E-state index contributed by atoms with van der Waals surface area (Å²) in [5.74, 6) is 0. The highest BCUT2D eigenvalue weighted by Crippen LogP contribution is 2.33. The van der Waals surface area contributed by atoms with E-state index in [-0.39, 0.29) is 17.3 Å². The van der Waals surface area contributed by atoms with E-state index in [0.29, 0.717) is 39.3 Å². The van der Waals surface area contributed by atoms with Gasteiger partial charge in [0.25, 0.3) is 0 Å². The quantitative estimate of drug-likeness (QED) is 0.115. The normalized spacial score (nSPS) is 21.2. The van der Waals surface area contributed by atoms with Crippen LogP contribution in [0.4, 0.5) is 0 Å². The van der Waals surface area contributed by atoms with Gasteiger partial charge in [-0.15, -0.1) is 0 Å². The van der Waals surface area contributed by atoms with Crippen molar-refractivity contribution in [1.29, 1.82) is 0 Å². The first kappa shape index (κ1) is 34.5. The van der Waals surface area contributed by atoms with Gasteiger partial charge in [0.2, 0.25) is 5.12 Å². The predicted octanol–water partition coefficient (Wildman–Crippen LogP) is 7.49. The number of carbonyl (C=O) groups excluding carboxylic acids is 1. The molecule has 2 unspecified atom stereocenters. The molecule has 0 bridgehead atoms. The van der Waals surface area contributed by atoms with E-state index in [1.54, 1.807) is 12.5 Å². The highest BCUT2D eigenvalue weighted by Gasteiger charge is 2.42. The van der Waals surface area contributed by atoms with Crippen LogP contribution >= 0.6 is 11.8 Å². The van der Waals surface area contributed by atoms with Gasteiger partial charge < -0.3 is 18.9 Å². The maximum atomic E-state index is 12.9. The molecule has 6 atom stereocenters. The second-order valence-corrected chi connectivity index (χ2v) is 14.1. The van der Waals surface area contributed by atoms with Crippen LogP contribution in [0.1, 0.15) is 42.4 Å². The van der Waals surface area contributed by atoms with Crippen LogP contribution in [0, 0.1) is 0 Å². The lowest BCUT2D eigenvalue weighted by molar-refractivity contribution is -0.210. The Kier molecular flexibility index (Phi) is 13.4. The number of ether oxygens (including phenoxy) is 4. The van der Waals surface area contributed by atoms with Crippen molar-refractivity contribution in [3.8, 4) is 0 Å². The molecule has 46 heavy (non-hydrogen) atoms. The van der Waals surface area contributed by atoms with Crippen LogP contribution in [-0.2, 0) is 54.4 Å². The molecule has 5 rings (SSSR count). The van der Waals surface area contributed by atoms with Gasteiger partial charge in [0.05, 0.1) is 38.1 Å². The second-order valence-electron chi connectivity index (χ2n) is 11.8. The molecule has 0 radical (unpaired) electrons. The molecule has 1 saturated heterocycles. The smallest absolute Gasteiger partial charge is 0.204 e. The summed E-state index contributed by atoms with van der Waals surface area (Å²) in [5, 5.41) is 1.57. The minimum absolute atomic E-state index is 0.101. The lowest BCUT2D eigenvalue weighted by Crippen LogP contribution is -2.52. The second kappa shape index (κ2) is 17.9. The van der Waals surface area contributed by atoms with Crippen LogP contribution in [0.15, 0.2) is 103 Å². The summed E-state index contributed by atoms with van der Waals surface area (Å²) in [6, 6.07) is 34.9. The number of hydrogen-bond donors (Lipinski definition) is 0. The Morgan fingerprint density at radius 1 is 0.848 bits per heavy atom. The van der Waals surface area contributed by atoms with Crippen LogP contribution in [-0.4, -0.2) is 58.1 Å². The third-order valence-electron chi connectivity index (χ3n) is 8.40. The maximum absolute atomic E-state index is 12.9. The SMILES string of the molecule is CSC(=O)C(C[C@H]1O[C@H](CCCOCc2ccccc2)C[C@H](OCc2ccccc2)[C@@H]1OCc1ccc2ccccc2c1)S(C)=O. The maximum Gasteiger partial charge on any atom is 0.204 e. The number of fused-ring (bicyclic) bond motifs is 1. The van der Waals surface area contributed by atoms with Crippen molar-refractivity contribution in [2.24, 2.45) is 0 Å². The molecule has 244 valence electrons. The zero-order chi connectivity index (χ0) is 32.1. The molecule has 4 aromatic rings. The number of benzene rings is 4. The van der Waals surface area contributed by atoms with Gasteiger partial charge in [-0.2, -0.15) is 0 Å². The lowest BCUT2D eigenvalue weighted by Gasteiger charge is -2.42. The van der Waals surface area contributed by atoms with E-state index in [2.05, 4.69) is 54.6 Å². The van der Waals surface area contributed by atoms with Crippen molar-refractivity contribution in [3.63, 3.8) is 0 Å². The van der Waals surface area contributed by atoms with Crippen LogP contribution in [0.3, 0.4) is 0 Å². The first-order valence-electron chi connectivity index (χ1n) is 15.9. The summed E-state index contributed by atoms with van der Waals surface area (Å²) < 4.78 is 38.8. The molecule has 0 aromatic heterocycles. The predicted molar refractivity (Wildman–Crippen MR) is 187 cm³/mol. The van der Waals surface area contributed by atoms with E-state index in [1.165, 1.54) is 5.39 Å². The van der Waals surface area contributed by atoms with E-state index < -0.39 is 28.3 Å². The standard InChI is InChI=1S/C38H44O6S2/c1-45-38(39)36(46(2)40)24-35-37(43-27-30-19-20-31-16-9-10-17-32(31)22-30)34(42-26-29-14-7-4-8-15-29)23-33(44-35)18-11-21-41-25-28-12-5-3-6-13-28/h3-10,12-17,19-20,22,33-37H,11,18,21,23-27H2,1-2H3/t33-,34+,35-,36?,37+,46?/m1/s1. The van der Waals surface area contributed by atoms with Crippen molar-refractivity contribution in [1.82, 2.24) is 0 Å². The molecule has 0 N–H and O–H groups in total. The van der Waals surface area contributed by atoms with Crippen molar-refractivity contribution in [3.05, 3.63) is 120 Å². The Labute approximate surface area is 279 Å². The minimum Gasteiger partial charge on any atom is -0.377 e. The van der Waals surface area contributed by atoms with Crippen LogP contribution < -0.4 is 0 Å². The van der Waals surface area contributed by atoms with Gasteiger partial charge in [-0.05, 0) is 59.0 Å². The van der Waals surface area contributed by atoms with E-state index >= 15 is 0 Å². The van der Waals surface area contributed by atoms with E-state index in [1.807, 2.05) is 48.5 Å². The first-order chi connectivity index (χ1) is 22.5. The molecule has 0 saturated carbocycles. The molecule has 8 heteroatoms. The highest BCUT2D eigenvalue weighted by molar-refractivity contribution is 8.14. The summed E-state index contributed by atoms with van der Waals surface area (Å²) in [4.78, 5) is 12.9. The van der Waals surface area contributed by atoms with Crippen LogP contribution in [0.5, 0.6) is 0 Å². The monoisotopic (exact) mass is 660 g/mol. The van der Waals surface area contributed by atoms with Gasteiger partial charge in [-0.3, -0.25) is 9.00 Å². The van der Waals surface area contributed by atoms with Gasteiger partial charge in [0.15, 0.2) is 0 Å². The van der Waals surface area contributed by atoms with E-state index in [4.69, 9.17) is 18.9 Å². The molecule has 0 spiro atoms. The van der Waals surface area contributed by atoms with Crippen molar-refractivity contribution >= 4 is 38.4 Å². The van der Waals surface area contributed by atoms with Gasteiger partial charge >= 0.3 is 0 Å². The van der Waals surface area contributed by atoms with Crippen molar-refractivity contribution in [2.75, 3.05) is 19.1 Å². The average Bonchev–Trinajstić information content (AvgIpc) is 3.09. The Hall–Kier alpha value is -2.85. The summed E-state index contributed by atoms with van der Waals surface area (Å²) in [7, 11) is -1.35. The average molecular weight is 661 g/mol. The minimum atomic E-state index is -1.35. The van der Waals surface area contributed by atoms with Gasteiger partial charge in [-0.1, -0.05) is 109 Å². The van der Waals surface area contributed by atoms with Gasteiger partial charge in [0, 0.05) is 30.1 Å². The Morgan fingerprint density at radius 3 is 2.20 bits per heavy atom. The summed E-state index contributed by atoms with van der Waals surface area (Å²) in [6.07, 6.45) is 4.61. The molecule has 4 aromatic carbocycles. The van der Waals surface area contributed by atoms with Gasteiger partial charge in [-0.25, -0.2) is 0 Å². The Bertz CT molecular complexity index is 1530. The lowest BCUT2D eigenvalue weighted by atomic mass is 9.92. The molecule has 1 fully saturated rings. The van der Waals surface area contributed by atoms with E-state index in [0.717, 1.165) is 46.7 Å². The van der Waals surface area contributed by atoms with Crippen LogP contribution in [0.25, 0.3) is 10.8 Å². The zero-order valence-corrected chi connectivity index (χ0v) is 28.3. The summed E-state index contributed by atoms with van der Waals surface area (Å²) >= 11 is 1.11. The molecule has 0 aliphatic carbocycles. The van der Waals surface area contributed by atoms with Crippen molar-refractivity contribution < 1.29 is 28.0 Å². The topological polar surface area (TPSA) is 71.1 Å². The van der Waals surface area contributed by atoms with Gasteiger partial charge in [0.1, 0.15) is 11.4 Å². The Balaban J connectivity index is 1.32. The first-order valence-corrected chi connectivity index (χ1v) is 18.8. The highest BCUT2D eigenvalue weighted by atomic mass is 32.2. The van der Waals surface area contributed by atoms with Crippen LogP contribution in [0.2, 0.25) is 0 Å². The zero-order valence-electron chi connectivity index (χ0n) is 26.6. The third kappa shape index (κ3) is 10.1. The largest absolute Gasteiger partial charge is 0.377 e.